The molecule has 0 spiro atoms. The van der Waals surface area contributed by atoms with Crippen molar-refractivity contribution in [1.29, 1.82) is 0 Å². The van der Waals surface area contributed by atoms with Crippen molar-refractivity contribution in [1.82, 2.24) is 0 Å². The maximum absolute atomic E-state index is 11.9. The molecule has 2 rings (SSSR count). The predicted molar refractivity (Wildman–Crippen MR) is 107 cm³/mol. The molecule has 0 unspecified atom stereocenters. The van der Waals surface area contributed by atoms with Crippen molar-refractivity contribution >= 4 is 72.3 Å². The van der Waals surface area contributed by atoms with Gasteiger partial charge in [0.05, 0.1) is 0 Å². The Morgan fingerprint density at radius 1 is 0.467 bits per heavy atom. The highest BCUT2D eigenvalue weighted by Crippen LogP contribution is 2.43. The Morgan fingerprint density at radius 3 is 0.767 bits per heavy atom. The average molecular weight is 632 g/mol. The lowest BCUT2D eigenvalue weighted by molar-refractivity contribution is 0.474. The van der Waals surface area contributed by atoms with Gasteiger partial charge in [0.1, 0.15) is 19.6 Å². The zero-order valence-corrected chi connectivity index (χ0v) is 20.2. The highest BCUT2D eigenvalue weighted by molar-refractivity contribution is 9.10. The van der Waals surface area contributed by atoms with Gasteiger partial charge in [-0.1, -0.05) is 31.9 Å². The summed E-state index contributed by atoms with van der Waals surface area (Å²) >= 11 is 5.48. The van der Waals surface area contributed by atoms with Gasteiger partial charge in [0.2, 0.25) is 0 Å². The van der Waals surface area contributed by atoms with Gasteiger partial charge in [-0.2, -0.15) is 33.7 Å². The van der Waals surface area contributed by atoms with Crippen LogP contribution in [0.3, 0.4) is 0 Å². The summed E-state index contributed by atoms with van der Waals surface area (Å²) in [5.41, 5.74) is -2.67. The predicted octanol–water partition coefficient (Wildman–Crippen LogP) is 1.87. The third-order valence-electron chi connectivity index (χ3n) is 3.42. The van der Waals surface area contributed by atoms with Gasteiger partial charge in [-0.05, 0) is 24.3 Å². The molecular formula is C12H8Br2O12S4. The third-order valence-corrected chi connectivity index (χ3v) is 7.85. The van der Waals surface area contributed by atoms with Crippen LogP contribution >= 0.6 is 31.9 Å². The molecule has 0 aliphatic heterocycles. The summed E-state index contributed by atoms with van der Waals surface area (Å²) in [4.78, 5) is -5.44. The minimum Gasteiger partial charge on any atom is -0.282 e. The summed E-state index contributed by atoms with van der Waals surface area (Å²) in [6.07, 6.45) is 0. The second-order valence-corrected chi connectivity index (χ2v) is 12.8. The van der Waals surface area contributed by atoms with Crippen LogP contribution in [0.15, 0.2) is 52.8 Å². The van der Waals surface area contributed by atoms with E-state index in [4.69, 9.17) is 0 Å². The fraction of sp³-hybridized carbons (Fsp3) is 0. The van der Waals surface area contributed by atoms with E-state index in [-0.39, 0.29) is 8.95 Å². The zero-order chi connectivity index (χ0) is 23.4. The van der Waals surface area contributed by atoms with E-state index < -0.39 is 71.2 Å². The molecule has 2 aromatic carbocycles. The number of rotatable bonds is 5. The topological polar surface area (TPSA) is 217 Å². The van der Waals surface area contributed by atoms with E-state index >= 15 is 0 Å². The van der Waals surface area contributed by atoms with Crippen molar-refractivity contribution in [2.75, 3.05) is 0 Å². The largest absolute Gasteiger partial charge is 0.295 e. The highest BCUT2D eigenvalue weighted by Gasteiger charge is 2.35. The molecule has 0 saturated carbocycles. The van der Waals surface area contributed by atoms with Gasteiger partial charge in [-0.15, -0.1) is 0 Å². The maximum Gasteiger partial charge on any atom is 0.295 e. The Kier molecular flexibility index (Phi) is 6.64. The summed E-state index contributed by atoms with van der Waals surface area (Å²) in [7, 11) is -21.6. The van der Waals surface area contributed by atoms with Crippen molar-refractivity contribution in [3.05, 3.63) is 33.2 Å². The molecule has 2 aromatic rings. The molecule has 0 amide bonds. The maximum atomic E-state index is 11.9. The lowest BCUT2D eigenvalue weighted by Crippen LogP contribution is -2.13. The van der Waals surface area contributed by atoms with Crippen LogP contribution in [0.4, 0.5) is 0 Å². The molecule has 0 aliphatic rings. The third kappa shape index (κ3) is 5.26. The SMILES string of the molecule is O=S(=O)(O)c1cc(Br)cc(S(=O)(=O)O)c1-c1c(S(=O)(=O)O)cc(Br)cc1S(=O)(=O)O. The van der Waals surface area contributed by atoms with Gasteiger partial charge in [0.25, 0.3) is 40.5 Å². The summed E-state index contributed by atoms with van der Waals surface area (Å²) < 4.78 is 132. The summed E-state index contributed by atoms with van der Waals surface area (Å²) in [6.45, 7) is 0. The van der Waals surface area contributed by atoms with Gasteiger partial charge >= 0.3 is 0 Å². The van der Waals surface area contributed by atoms with Crippen LogP contribution in [0.5, 0.6) is 0 Å². The van der Waals surface area contributed by atoms with Crippen LogP contribution < -0.4 is 0 Å². The molecule has 0 fully saturated rings. The molecule has 30 heavy (non-hydrogen) atoms. The number of benzene rings is 2. The molecule has 4 N–H and O–H groups in total. The van der Waals surface area contributed by atoms with E-state index in [1.165, 1.54) is 0 Å². The van der Waals surface area contributed by atoms with Crippen LogP contribution in [0, 0.1) is 0 Å². The molecule has 0 heterocycles. The first-order chi connectivity index (χ1) is 13.2. The van der Waals surface area contributed by atoms with E-state index in [9.17, 15) is 51.9 Å². The molecule has 0 aliphatic carbocycles. The first kappa shape index (κ1) is 25.3. The minimum atomic E-state index is -5.39. The normalized spacial score (nSPS) is 13.4. The van der Waals surface area contributed by atoms with E-state index in [1.807, 2.05) is 0 Å². The quantitative estimate of drug-likeness (QED) is 0.348. The Labute approximate surface area is 187 Å². The van der Waals surface area contributed by atoms with Crippen molar-refractivity contribution in [2.45, 2.75) is 19.6 Å². The second-order valence-electron chi connectivity index (χ2n) is 5.45. The van der Waals surface area contributed by atoms with E-state index in [0.29, 0.717) is 24.3 Å². The van der Waals surface area contributed by atoms with Crippen LogP contribution in [-0.4, -0.2) is 51.9 Å². The fourth-order valence-corrected chi connectivity index (χ4v) is 7.06. The Bertz CT molecular complexity index is 1270. The molecule has 166 valence electrons. The van der Waals surface area contributed by atoms with Crippen molar-refractivity contribution in [3.8, 4) is 11.1 Å². The number of halogens is 2. The van der Waals surface area contributed by atoms with Crippen molar-refractivity contribution < 1.29 is 51.9 Å². The van der Waals surface area contributed by atoms with Crippen LogP contribution in [0.25, 0.3) is 11.1 Å². The molecule has 0 saturated heterocycles. The van der Waals surface area contributed by atoms with Crippen LogP contribution in [-0.2, 0) is 40.5 Å². The van der Waals surface area contributed by atoms with Crippen molar-refractivity contribution in [3.63, 3.8) is 0 Å². The van der Waals surface area contributed by atoms with Gasteiger partial charge in [-0.25, -0.2) is 0 Å². The van der Waals surface area contributed by atoms with Gasteiger partial charge in [0, 0.05) is 20.1 Å². The molecule has 12 nitrogen and oxygen atoms in total. The lowest BCUT2D eigenvalue weighted by Gasteiger charge is -2.18. The lowest BCUT2D eigenvalue weighted by atomic mass is 10.1. The standard InChI is InChI=1S/C12H8Br2O12S4/c13-5-1-7(27(15,16)17)11(8(2-5)28(18,19)20)12-9(29(21,22)23)3-6(14)4-10(12)30(24,25)26/h1-4H,(H,15,16,17)(H,18,19,20)(H,21,22,23)(H,24,25,26). The fourth-order valence-electron chi connectivity index (χ4n) is 2.42. The van der Waals surface area contributed by atoms with E-state index in [2.05, 4.69) is 31.9 Å². The average Bonchev–Trinajstić information content (AvgIpc) is 2.50. The number of hydrogen-bond acceptors (Lipinski definition) is 8. The van der Waals surface area contributed by atoms with Gasteiger partial charge in [0.15, 0.2) is 0 Å². The zero-order valence-electron chi connectivity index (χ0n) is 13.8. The minimum absolute atomic E-state index is 0.342. The van der Waals surface area contributed by atoms with Crippen LogP contribution in [0.2, 0.25) is 0 Å². The first-order valence-corrected chi connectivity index (χ1v) is 14.2. The van der Waals surface area contributed by atoms with Gasteiger partial charge < -0.3 is 0 Å². The van der Waals surface area contributed by atoms with E-state index in [0.717, 1.165) is 0 Å². The Hall–Kier alpha value is -0.960. The Morgan fingerprint density at radius 2 is 0.633 bits per heavy atom. The smallest absolute Gasteiger partial charge is 0.282 e. The van der Waals surface area contributed by atoms with Crippen molar-refractivity contribution in [2.24, 2.45) is 0 Å². The Balaban J connectivity index is 3.45. The first-order valence-electron chi connectivity index (χ1n) is 6.82. The van der Waals surface area contributed by atoms with Gasteiger partial charge in [-0.3, -0.25) is 18.2 Å². The molecule has 0 radical (unpaired) electrons. The highest BCUT2D eigenvalue weighted by atomic mass is 79.9. The monoisotopic (exact) mass is 630 g/mol. The molecule has 0 aromatic heterocycles. The number of hydrogen-bond donors (Lipinski definition) is 4. The molecule has 18 heteroatoms. The summed E-state index contributed by atoms with van der Waals surface area (Å²) in [6, 6.07) is 2.29. The van der Waals surface area contributed by atoms with Crippen LogP contribution in [0.1, 0.15) is 0 Å². The second kappa shape index (κ2) is 7.87. The summed E-state index contributed by atoms with van der Waals surface area (Å²) in [5.74, 6) is 0. The van der Waals surface area contributed by atoms with E-state index in [1.54, 1.807) is 0 Å². The molecular weight excluding hydrogens is 624 g/mol. The molecule has 0 bridgehead atoms. The molecule has 0 atom stereocenters. The summed E-state index contributed by atoms with van der Waals surface area (Å²) in [5, 5.41) is 0.